The van der Waals surface area contributed by atoms with E-state index in [-0.39, 0.29) is 0 Å². The first kappa shape index (κ1) is 12.6. The smallest absolute Gasteiger partial charge is 0.149 e. The Labute approximate surface area is 104 Å². The van der Waals surface area contributed by atoms with E-state index in [1.54, 1.807) is 0 Å². The predicted molar refractivity (Wildman–Crippen MR) is 68.9 cm³/mol. The average molecular weight is 236 g/mol. The van der Waals surface area contributed by atoms with Gasteiger partial charge in [0.25, 0.3) is 0 Å². The van der Waals surface area contributed by atoms with Crippen molar-refractivity contribution in [2.75, 3.05) is 0 Å². The molecule has 0 radical (unpaired) electrons. The monoisotopic (exact) mass is 236 g/mol. The average Bonchev–Trinajstić information content (AvgIpc) is 2.58. The number of hydrogen-bond acceptors (Lipinski definition) is 3. The van der Waals surface area contributed by atoms with Crippen LogP contribution in [0.1, 0.15) is 64.1 Å². The fraction of sp³-hybridized carbons (Fsp3) is 0.846. The first-order valence-corrected chi connectivity index (χ1v) is 6.90. The molecule has 0 aromatic carbocycles. The number of nitrogens with zero attached hydrogens (tertiary/aromatic N) is 3. The Balaban J connectivity index is 2.12. The molecular formula is C13H24N4. The van der Waals surface area contributed by atoms with Crippen LogP contribution >= 0.6 is 0 Å². The topological polar surface area (TPSA) is 42.7 Å². The van der Waals surface area contributed by atoms with Gasteiger partial charge in [0, 0.05) is 19.0 Å². The van der Waals surface area contributed by atoms with Crippen molar-refractivity contribution in [1.82, 2.24) is 20.1 Å². The molecular weight excluding hydrogens is 212 g/mol. The van der Waals surface area contributed by atoms with E-state index in [1.807, 2.05) is 0 Å². The zero-order valence-electron chi connectivity index (χ0n) is 11.2. The molecule has 1 aliphatic heterocycles. The molecule has 0 spiro atoms. The third kappa shape index (κ3) is 2.86. The Morgan fingerprint density at radius 3 is 2.82 bits per heavy atom. The van der Waals surface area contributed by atoms with Crippen molar-refractivity contribution in [2.45, 2.75) is 71.5 Å². The summed E-state index contributed by atoms with van der Waals surface area (Å²) in [4.78, 5) is 0. The van der Waals surface area contributed by atoms with Gasteiger partial charge in [-0.1, -0.05) is 13.3 Å². The molecule has 4 nitrogen and oxygen atoms in total. The molecule has 2 heterocycles. The van der Waals surface area contributed by atoms with Crippen molar-refractivity contribution < 1.29 is 0 Å². The second kappa shape index (κ2) is 5.63. The summed E-state index contributed by atoms with van der Waals surface area (Å²) >= 11 is 0. The van der Waals surface area contributed by atoms with E-state index >= 15 is 0 Å². The quantitative estimate of drug-likeness (QED) is 0.873. The molecule has 1 aromatic rings. The Morgan fingerprint density at radius 1 is 1.24 bits per heavy atom. The van der Waals surface area contributed by atoms with E-state index in [0.717, 1.165) is 25.2 Å². The minimum atomic E-state index is 0.296. The third-order valence-corrected chi connectivity index (χ3v) is 3.67. The standard InChI is InChI=1S/C13H24N4/c1-4-10(2)14-11(3)13-16-15-12-8-6-5-7-9-17(12)13/h10-11,14H,4-9H2,1-3H3. The fourth-order valence-electron chi connectivity index (χ4n) is 2.45. The molecule has 0 amide bonds. The summed E-state index contributed by atoms with van der Waals surface area (Å²) < 4.78 is 2.33. The van der Waals surface area contributed by atoms with E-state index in [9.17, 15) is 0 Å². The molecule has 0 aliphatic carbocycles. The molecule has 2 rings (SSSR count). The lowest BCUT2D eigenvalue weighted by Crippen LogP contribution is -2.30. The second-order valence-corrected chi connectivity index (χ2v) is 5.13. The highest BCUT2D eigenvalue weighted by atomic mass is 15.3. The highest BCUT2D eigenvalue weighted by molar-refractivity contribution is 5.02. The van der Waals surface area contributed by atoms with E-state index in [0.29, 0.717) is 12.1 Å². The number of rotatable bonds is 4. The first-order chi connectivity index (χ1) is 8.22. The SMILES string of the molecule is CCC(C)NC(C)c1nnc2n1CCCCC2. The van der Waals surface area contributed by atoms with Gasteiger partial charge in [-0.15, -0.1) is 10.2 Å². The van der Waals surface area contributed by atoms with Gasteiger partial charge in [-0.05, 0) is 33.1 Å². The number of aryl methyl sites for hydroxylation is 1. The summed E-state index contributed by atoms with van der Waals surface area (Å²) in [6.45, 7) is 7.70. The molecule has 0 fully saturated rings. The Kier molecular flexibility index (Phi) is 4.15. The van der Waals surface area contributed by atoms with Gasteiger partial charge >= 0.3 is 0 Å². The Hall–Kier alpha value is -0.900. The van der Waals surface area contributed by atoms with Gasteiger partial charge in [-0.25, -0.2) is 0 Å². The largest absolute Gasteiger partial charge is 0.314 e. The summed E-state index contributed by atoms with van der Waals surface area (Å²) in [6, 6.07) is 0.827. The summed E-state index contributed by atoms with van der Waals surface area (Å²) in [6.07, 6.45) is 6.06. The van der Waals surface area contributed by atoms with Crippen LogP contribution in [-0.4, -0.2) is 20.8 Å². The fourth-order valence-corrected chi connectivity index (χ4v) is 2.45. The van der Waals surface area contributed by atoms with Crippen molar-refractivity contribution in [2.24, 2.45) is 0 Å². The van der Waals surface area contributed by atoms with Crippen molar-refractivity contribution in [1.29, 1.82) is 0 Å². The molecule has 17 heavy (non-hydrogen) atoms. The maximum absolute atomic E-state index is 4.38. The van der Waals surface area contributed by atoms with Gasteiger partial charge in [0.2, 0.25) is 0 Å². The van der Waals surface area contributed by atoms with E-state index < -0.39 is 0 Å². The summed E-state index contributed by atoms with van der Waals surface area (Å²) in [5, 5.41) is 12.3. The lowest BCUT2D eigenvalue weighted by molar-refractivity contribution is 0.436. The van der Waals surface area contributed by atoms with Crippen LogP contribution in [0, 0.1) is 0 Å². The van der Waals surface area contributed by atoms with Gasteiger partial charge in [0.1, 0.15) is 11.6 Å². The molecule has 1 aliphatic rings. The zero-order valence-corrected chi connectivity index (χ0v) is 11.2. The number of hydrogen-bond donors (Lipinski definition) is 1. The lowest BCUT2D eigenvalue weighted by Gasteiger charge is -2.19. The van der Waals surface area contributed by atoms with Crippen LogP contribution in [0.3, 0.4) is 0 Å². The lowest BCUT2D eigenvalue weighted by atomic mass is 10.2. The number of aromatic nitrogens is 3. The van der Waals surface area contributed by atoms with Crippen molar-refractivity contribution in [3.05, 3.63) is 11.6 Å². The summed E-state index contributed by atoms with van der Waals surface area (Å²) in [5.74, 6) is 2.29. The van der Waals surface area contributed by atoms with Gasteiger partial charge in [0.05, 0.1) is 6.04 Å². The molecule has 2 unspecified atom stereocenters. The molecule has 96 valence electrons. The second-order valence-electron chi connectivity index (χ2n) is 5.13. The van der Waals surface area contributed by atoms with Crippen LogP contribution in [0.4, 0.5) is 0 Å². The molecule has 0 bridgehead atoms. The summed E-state index contributed by atoms with van der Waals surface area (Å²) in [5.41, 5.74) is 0. The third-order valence-electron chi connectivity index (χ3n) is 3.67. The van der Waals surface area contributed by atoms with Gasteiger partial charge < -0.3 is 9.88 Å². The van der Waals surface area contributed by atoms with Crippen molar-refractivity contribution >= 4 is 0 Å². The Morgan fingerprint density at radius 2 is 2.06 bits per heavy atom. The molecule has 1 N–H and O–H groups in total. The van der Waals surface area contributed by atoms with E-state index in [4.69, 9.17) is 0 Å². The number of nitrogens with one attached hydrogen (secondary N) is 1. The van der Waals surface area contributed by atoms with Crippen LogP contribution in [-0.2, 0) is 13.0 Å². The van der Waals surface area contributed by atoms with E-state index in [2.05, 4.69) is 40.9 Å². The minimum Gasteiger partial charge on any atom is -0.314 e. The highest BCUT2D eigenvalue weighted by Crippen LogP contribution is 2.18. The predicted octanol–water partition coefficient (Wildman–Crippen LogP) is 2.45. The maximum Gasteiger partial charge on any atom is 0.149 e. The van der Waals surface area contributed by atoms with Crippen LogP contribution in [0.5, 0.6) is 0 Å². The van der Waals surface area contributed by atoms with Crippen LogP contribution in [0.25, 0.3) is 0 Å². The minimum absolute atomic E-state index is 0.296. The van der Waals surface area contributed by atoms with Crippen LogP contribution in [0.15, 0.2) is 0 Å². The van der Waals surface area contributed by atoms with Crippen molar-refractivity contribution in [3.63, 3.8) is 0 Å². The molecule has 0 saturated heterocycles. The first-order valence-electron chi connectivity index (χ1n) is 6.90. The Bertz CT molecular complexity index is 358. The van der Waals surface area contributed by atoms with E-state index in [1.165, 1.54) is 25.1 Å². The molecule has 4 heteroatoms. The highest BCUT2D eigenvalue weighted by Gasteiger charge is 2.19. The van der Waals surface area contributed by atoms with Crippen LogP contribution in [0.2, 0.25) is 0 Å². The normalized spacial score (nSPS) is 19.5. The number of fused-ring (bicyclic) bond motifs is 1. The molecule has 2 atom stereocenters. The van der Waals surface area contributed by atoms with Gasteiger partial charge in [-0.3, -0.25) is 0 Å². The van der Waals surface area contributed by atoms with Crippen molar-refractivity contribution in [3.8, 4) is 0 Å². The molecule has 0 saturated carbocycles. The van der Waals surface area contributed by atoms with Gasteiger partial charge in [0.15, 0.2) is 0 Å². The maximum atomic E-state index is 4.38. The summed E-state index contributed by atoms with van der Waals surface area (Å²) in [7, 11) is 0. The van der Waals surface area contributed by atoms with Gasteiger partial charge in [-0.2, -0.15) is 0 Å². The van der Waals surface area contributed by atoms with Crippen LogP contribution < -0.4 is 5.32 Å². The zero-order chi connectivity index (χ0) is 12.3. The molecule has 1 aromatic heterocycles.